The molecule has 4 nitrogen and oxygen atoms in total. The lowest BCUT2D eigenvalue weighted by Crippen LogP contribution is -2.45. The van der Waals surface area contributed by atoms with Crippen LogP contribution < -0.4 is 5.32 Å². The van der Waals surface area contributed by atoms with Gasteiger partial charge in [-0.25, -0.2) is 0 Å². The number of hydrogen-bond acceptors (Lipinski definition) is 4. The van der Waals surface area contributed by atoms with E-state index >= 15 is 0 Å². The highest BCUT2D eigenvalue weighted by Crippen LogP contribution is 2.21. The van der Waals surface area contributed by atoms with E-state index in [4.69, 9.17) is 4.74 Å². The van der Waals surface area contributed by atoms with Crippen LogP contribution in [0.5, 0.6) is 0 Å². The number of nitrogens with zero attached hydrogens (tertiary/aromatic N) is 1. The van der Waals surface area contributed by atoms with Gasteiger partial charge in [0.15, 0.2) is 0 Å². The summed E-state index contributed by atoms with van der Waals surface area (Å²) in [4.78, 5) is 12.9. The lowest BCUT2D eigenvalue weighted by molar-refractivity contribution is -0.150. The second-order valence-corrected chi connectivity index (χ2v) is 5.48. The number of esters is 1. The molecule has 20 heavy (non-hydrogen) atoms. The fraction of sp³-hybridized carbons (Fsp3) is 0.923. The number of nitrogens with one attached hydrogen (secondary N) is 1. The summed E-state index contributed by atoms with van der Waals surface area (Å²) in [6.45, 7) is 2.68. The van der Waals surface area contributed by atoms with Crippen molar-refractivity contribution in [1.29, 1.82) is 0 Å². The van der Waals surface area contributed by atoms with E-state index in [9.17, 15) is 18.0 Å². The van der Waals surface area contributed by atoms with Crippen LogP contribution in [-0.4, -0.2) is 55.4 Å². The molecule has 1 saturated carbocycles. The maximum Gasteiger partial charge on any atom is 0.401 e. The van der Waals surface area contributed by atoms with E-state index in [-0.39, 0.29) is 12.6 Å². The first kappa shape index (κ1) is 17.2. The predicted octanol–water partition coefficient (Wildman–Crippen LogP) is 1.94. The normalized spacial score (nSPS) is 17.6. The number of ether oxygens (including phenoxy) is 1. The van der Waals surface area contributed by atoms with Crippen LogP contribution in [0.15, 0.2) is 0 Å². The maximum absolute atomic E-state index is 12.5. The largest absolute Gasteiger partial charge is 0.468 e. The van der Waals surface area contributed by atoms with E-state index < -0.39 is 24.7 Å². The Morgan fingerprint density at radius 3 is 2.40 bits per heavy atom. The summed E-state index contributed by atoms with van der Waals surface area (Å²) in [5.41, 5.74) is 0. The fourth-order valence-electron chi connectivity index (χ4n) is 1.99. The molecule has 0 aromatic carbocycles. The molecule has 0 aromatic heterocycles. The Morgan fingerprint density at radius 2 is 2.00 bits per heavy atom. The van der Waals surface area contributed by atoms with Crippen molar-refractivity contribution in [2.75, 3.05) is 20.2 Å². The van der Waals surface area contributed by atoms with Crippen molar-refractivity contribution in [2.24, 2.45) is 0 Å². The van der Waals surface area contributed by atoms with E-state index in [1.165, 1.54) is 12.0 Å². The lowest BCUT2D eigenvalue weighted by atomic mass is 10.1. The monoisotopic (exact) mass is 296 g/mol. The molecule has 1 unspecified atom stereocenters. The van der Waals surface area contributed by atoms with Gasteiger partial charge in [-0.3, -0.25) is 9.69 Å². The molecule has 1 rings (SSSR count). The van der Waals surface area contributed by atoms with Crippen molar-refractivity contribution in [3.8, 4) is 0 Å². The van der Waals surface area contributed by atoms with Crippen molar-refractivity contribution in [2.45, 2.75) is 57.4 Å². The first-order valence-corrected chi connectivity index (χ1v) is 6.87. The zero-order chi connectivity index (χ0) is 15.3. The number of halogens is 3. The molecule has 0 bridgehead atoms. The Balaban J connectivity index is 2.50. The summed E-state index contributed by atoms with van der Waals surface area (Å²) >= 11 is 0. The quantitative estimate of drug-likeness (QED) is 0.695. The van der Waals surface area contributed by atoms with Gasteiger partial charge < -0.3 is 10.1 Å². The third-order valence-electron chi connectivity index (χ3n) is 3.32. The van der Waals surface area contributed by atoms with E-state index in [2.05, 4.69) is 5.32 Å². The first-order valence-electron chi connectivity index (χ1n) is 6.87. The molecule has 1 fully saturated rings. The molecule has 0 spiro atoms. The van der Waals surface area contributed by atoms with Gasteiger partial charge in [0.25, 0.3) is 0 Å². The second kappa shape index (κ2) is 7.26. The van der Waals surface area contributed by atoms with Crippen molar-refractivity contribution in [1.82, 2.24) is 10.2 Å². The molecule has 1 aliphatic carbocycles. The van der Waals surface area contributed by atoms with Gasteiger partial charge in [-0.05, 0) is 33.1 Å². The molecular formula is C13H23F3N2O2. The highest BCUT2D eigenvalue weighted by Gasteiger charge is 2.33. The molecule has 1 aliphatic rings. The van der Waals surface area contributed by atoms with Crippen LogP contribution in [-0.2, 0) is 9.53 Å². The fourth-order valence-corrected chi connectivity index (χ4v) is 1.99. The summed E-state index contributed by atoms with van der Waals surface area (Å²) in [7, 11) is 1.29. The topological polar surface area (TPSA) is 41.6 Å². The minimum atomic E-state index is -4.23. The molecule has 118 valence electrons. The van der Waals surface area contributed by atoms with Crippen LogP contribution in [0.3, 0.4) is 0 Å². The molecule has 1 atom stereocenters. The first-order chi connectivity index (χ1) is 9.23. The van der Waals surface area contributed by atoms with Crippen LogP contribution in [0.1, 0.15) is 33.1 Å². The average Bonchev–Trinajstić information content (AvgIpc) is 3.13. The van der Waals surface area contributed by atoms with E-state index in [0.29, 0.717) is 12.5 Å². The maximum atomic E-state index is 12.5. The Labute approximate surface area is 117 Å². The lowest BCUT2D eigenvalue weighted by Gasteiger charge is -2.29. The summed E-state index contributed by atoms with van der Waals surface area (Å²) in [5.74, 6) is -0.410. The van der Waals surface area contributed by atoms with E-state index in [1.807, 2.05) is 0 Å². The standard InChI is InChI=1S/C13H23F3N2O2/c1-9(2)18(8-13(14,15)16)7-6-11(12(19)20-3)17-10-4-5-10/h9-11,17H,4-8H2,1-3H3. The zero-order valence-electron chi connectivity index (χ0n) is 12.2. The van der Waals surface area contributed by atoms with Gasteiger partial charge in [-0.15, -0.1) is 0 Å². The van der Waals surface area contributed by atoms with Crippen LogP contribution in [0, 0.1) is 0 Å². The molecule has 1 N–H and O–H groups in total. The SMILES string of the molecule is COC(=O)C(CCN(CC(F)(F)F)C(C)C)NC1CC1. The van der Waals surface area contributed by atoms with Crippen molar-refractivity contribution < 1.29 is 22.7 Å². The molecule has 7 heteroatoms. The minimum Gasteiger partial charge on any atom is -0.468 e. The Bertz CT molecular complexity index is 317. The predicted molar refractivity (Wildman–Crippen MR) is 69.3 cm³/mol. The zero-order valence-corrected chi connectivity index (χ0v) is 12.2. The molecular weight excluding hydrogens is 273 g/mol. The van der Waals surface area contributed by atoms with E-state index in [1.54, 1.807) is 13.8 Å². The van der Waals surface area contributed by atoms with Gasteiger partial charge in [-0.1, -0.05) is 0 Å². The number of alkyl halides is 3. The molecule has 0 saturated heterocycles. The number of rotatable bonds is 8. The van der Waals surface area contributed by atoms with Crippen LogP contribution >= 0.6 is 0 Å². The summed E-state index contributed by atoms with van der Waals surface area (Å²) in [6.07, 6.45) is -1.90. The van der Waals surface area contributed by atoms with Gasteiger partial charge in [0.05, 0.1) is 13.7 Å². The van der Waals surface area contributed by atoms with Gasteiger partial charge in [0, 0.05) is 18.6 Å². The average molecular weight is 296 g/mol. The number of carbonyl (C=O) groups excluding carboxylic acids is 1. The summed E-state index contributed by atoms with van der Waals surface area (Å²) in [5, 5.41) is 3.12. The summed E-state index contributed by atoms with van der Waals surface area (Å²) < 4.78 is 42.2. The van der Waals surface area contributed by atoms with Crippen molar-refractivity contribution in [3.05, 3.63) is 0 Å². The van der Waals surface area contributed by atoms with Crippen LogP contribution in [0.4, 0.5) is 13.2 Å². The molecule has 0 radical (unpaired) electrons. The van der Waals surface area contributed by atoms with Gasteiger partial charge in [0.1, 0.15) is 6.04 Å². The Kier molecular flexibility index (Phi) is 6.26. The Morgan fingerprint density at radius 1 is 1.40 bits per heavy atom. The van der Waals surface area contributed by atoms with Crippen molar-refractivity contribution in [3.63, 3.8) is 0 Å². The third kappa shape index (κ3) is 6.56. The highest BCUT2D eigenvalue weighted by atomic mass is 19.4. The van der Waals surface area contributed by atoms with Crippen LogP contribution in [0.25, 0.3) is 0 Å². The molecule has 0 aliphatic heterocycles. The Hall–Kier alpha value is -0.820. The van der Waals surface area contributed by atoms with Crippen molar-refractivity contribution >= 4 is 5.97 Å². The molecule has 0 aromatic rings. The van der Waals surface area contributed by atoms with Gasteiger partial charge in [0.2, 0.25) is 0 Å². The second-order valence-electron chi connectivity index (χ2n) is 5.48. The molecule has 0 heterocycles. The van der Waals surface area contributed by atoms with Gasteiger partial charge >= 0.3 is 12.1 Å². The smallest absolute Gasteiger partial charge is 0.401 e. The minimum absolute atomic E-state index is 0.205. The molecule has 0 amide bonds. The highest BCUT2D eigenvalue weighted by molar-refractivity contribution is 5.75. The number of carbonyl (C=O) groups is 1. The van der Waals surface area contributed by atoms with E-state index in [0.717, 1.165) is 12.8 Å². The number of methoxy groups -OCH3 is 1. The summed E-state index contributed by atoms with van der Waals surface area (Å²) in [6, 6.07) is -0.452. The number of hydrogen-bond donors (Lipinski definition) is 1. The third-order valence-corrected chi connectivity index (χ3v) is 3.32. The van der Waals surface area contributed by atoms with Gasteiger partial charge in [-0.2, -0.15) is 13.2 Å². The van der Waals surface area contributed by atoms with Crippen LogP contribution in [0.2, 0.25) is 0 Å².